The van der Waals surface area contributed by atoms with Crippen LogP contribution in [0.2, 0.25) is 0 Å². The van der Waals surface area contributed by atoms with Gasteiger partial charge in [0.15, 0.2) is 5.78 Å². The molecule has 5 heteroatoms. The molecule has 1 N–H and O–H groups in total. The number of carboxylic acids is 1. The van der Waals surface area contributed by atoms with E-state index in [9.17, 15) is 14.7 Å². The van der Waals surface area contributed by atoms with Crippen LogP contribution in [0.3, 0.4) is 0 Å². The van der Waals surface area contributed by atoms with Gasteiger partial charge in [0.25, 0.3) is 0 Å². The SMILES string of the molecule is CC1=C(CCC2(C)CCC(C(C)C(=O)O)OO2)C2(C)CCCC(C)(C)C2CC1=O. The third kappa shape index (κ3) is 4.18. The minimum Gasteiger partial charge on any atom is -0.481 e. The molecular weight excluding hydrogens is 368 g/mol. The quantitative estimate of drug-likeness (QED) is 0.612. The first-order chi connectivity index (χ1) is 13.4. The molecule has 164 valence electrons. The fraction of sp³-hybridized carbons (Fsp3) is 0.833. The van der Waals surface area contributed by atoms with Crippen LogP contribution < -0.4 is 0 Å². The molecule has 0 aromatic heterocycles. The van der Waals surface area contributed by atoms with Crippen LogP contribution in [0.1, 0.15) is 92.9 Å². The summed E-state index contributed by atoms with van der Waals surface area (Å²) in [5.74, 6) is -0.738. The van der Waals surface area contributed by atoms with Gasteiger partial charge in [-0.3, -0.25) is 9.59 Å². The molecular formula is C24H38O5. The number of allylic oxidation sites excluding steroid dienone is 2. The van der Waals surface area contributed by atoms with E-state index >= 15 is 0 Å². The number of hydrogen-bond donors (Lipinski definition) is 1. The van der Waals surface area contributed by atoms with Crippen molar-refractivity contribution in [1.82, 2.24) is 0 Å². The van der Waals surface area contributed by atoms with Crippen molar-refractivity contribution in [3.8, 4) is 0 Å². The summed E-state index contributed by atoms with van der Waals surface area (Å²) in [4.78, 5) is 35.3. The van der Waals surface area contributed by atoms with Crippen LogP contribution in [0.25, 0.3) is 0 Å². The molecule has 0 radical (unpaired) electrons. The molecule has 3 rings (SSSR count). The number of carboxylic acid groups (broad SMARTS) is 1. The summed E-state index contributed by atoms with van der Waals surface area (Å²) in [6.07, 6.45) is 6.86. The van der Waals surface area contributed by atoms with Gasteiger partial charge in [-0.2, -0.15) is 0 Å². The molecule has 29 heavy (non-hydrogen) atoms. The molecule has 0 spiro atoms. The molecule has 5 nitrogen and oxygen atoms in total. The van der Waals surface area contributed by atoms with Gasteiger partial charge in [-0.15, -0.1) is 0 Å². The van der Waals surface area contributed by atoms with E-state index < -0.39 is 23.6 Å². The minimum atomic E-state index is -0.859. The number of ketones is 1. The Bertz CT molecular complexity index is 698. The molecule has 1 saturated heterocycles. The van der Waals surface area contributed by atoms with Crippen LogP contribution in [0, 0.1) is 22.7 Å². The second-order valence-electron chi connectivity index (χ2n) is 10.9. The van der Waals surface area contributed by atoms with Gasteiger partial charge in [-0.1, -0.05) is 32.8 Å². The van der Waals surface area contributed by atoms with Crippen LogP contribution in [0.15, 0.2) is 11.1 Å². The number of carbonyl (C=O) groups is 2. The van der Waals surface area contributed by atoms with E-state index in [1.165, 1.54) is 18.4 Å². The maximum atomic E-state index is 12.8. The summed E-state index contributed by atoms with van der Waals surface area (Å²) in [7, 11) is 0. The summed E-state index contributed by atoms with van der Waals surface area (Å²) < 4.78 is 0. The van der Waals surface area contributed by atoms with Gasteiger partial charge in [-0.05, 0) is 81.6 Å². The number of rotatable bonds is 5. The second kappa shape index (κ2) is 7.81. The van der Waals surface area contributed by atoms with Crippen molar-refractivity contribution in [2.45, 2.75) is 105 Å². The van der Waals surface area contributed by atoms with Crippen molar-refractivity contribution in [3.63, 3.8) is 0 Å². The molecule has 1 aliphatic heterocycles. The van der Waals surface area contributed by atoms with Crippen molar-refractivity contribution >= 4 is 11.8 Å². The van der Waals surface area contributed by atoms with Crippen LogP contribution in [-0.4, -0.2) is 28.6 Å². The summed E-state index contributed by atoms with van der Waals surface area (Å²) in [6.45, 7) is 12.7. The summed E-state index contributed by atoms with van der Waals surface area (Å²) in [6, 6.07) is 0. The lowest BCUT2D eigenvalue weighted by atomic mass is 9.49. The number of Topliss-reactive ketones (excluding diaryl/α,β-unsaturated/α-hetero) is 1. The van der Waals surface area contributed by atoms with E-state index in [1.807, 2.05) is 13.8 Å². The monoisotopic (exact) mass is 406 g/mol. The number of fused-ring (bicyclic) bond motifs is 1. The number of hydrogen-bond acceptors (Lipinski definition) is 4. The van der Waals surface area contributed by atoms with Crippen LogP contribution in [-0.2, 0) is 19.4 Å². The first-order valence-electron chi connectivity index (χ1n) is 11.2. The molecule has 0 aromatic rings. The molecule has 0 amide bonds. The Morgan fingerprint density at radius 1 is 1.21 bits per heavy atom. The molecule has 5 atom stereocenters. The zero-order valence-electron chi connectivity index (χ0n) is 19.0. The Morgan fingerprint density at radius 3 is 2.48 bits per heavy atom. The van der Waals surface area contributed by atoms with Gasteiger partial charge in [0.1, 0.15) is 11.7 Å². The average molecular weight is 407 g/mol. The Balaban J connectivity index is 1.73. The summed E-state index contributed by atoms with van der Waals surface area (Å²) >= 11 is 0. The summed E-state index contributed by atoms with van der Waals surface area (Å²) in [5.41, 5.74) is 2.09. The molecule has 0 aromatic carbocycles. The van der Waals surface area contributed by atoms with Gasteiger partial charge >= 0.3 is 5.97 Å². The Labute approximate surface area is 175 Å². The normalized spacial score (nSPS) is 38.5. The predicted molar refractivity (Wildman–Crippen MR) is 111 cm³/mol. The highest BCUT2D eigenvalue weighted by Gasteiger charge is 2.52. The Kier molecular flexibility index (Phi) is 6.05. The largest absolute Gasteiger partial charge is 0.481 e. The minimum absolute atomic E-state index is 0.0754. The number of carbonyl (C=O) groups excluding carboxylic acids is 1. The van der Waals surface area contributed by atoms with Crippen LogP contribution in [0.4, 0.5) is 0 Å². The first kappa shape index (κ1) is 22.5. The Morgan fingerprint density at radius 2 is 1.90 bits per heavy atom. The molecule has 2 fully saturated rings. The highest BCUT2D eigenvalue weighted by molar-refractivity contribution is 5.97. The van der Waals surface area contributed by atoms with Crippen LogP contribution >= 0.6 is 0 Å². The second-order valence-corrected chi connectivity index (χ2v) is 10.9. The van der Waals surface area contributed by atoms with E-state index in [4.69, 9.17) is 9.78 Å². The lowest BCUT2D eigenvalue weighted by Crippen LogP contribution is -2.48. The molecule has 0 bridgehead atoms. The molecule has 1 heterocycles. The van der Waals surface area contributed by atoms with E-state index in [-0.39, 0.29) is 10.8 Å². The zero-order valence-corrected chi connectivity index (χ0v) is 19.0. The van der Waals surface area contributed by atoms with Crippen molar-refractivity contribution in [3.05, 3.63) is 11.1 Å². The molecule has 2 aliphatic carbocycles. The lowest BCUT2D eigenvalue weighted by molar-refractivity contribution is -0.411. The van der Waals surface area contributed by atoms with Crippen molar-refractivity contribution in [1.29, 1.82) is 0 Å². The van der Waals surface area contributed by atoms with Gasteiger partial charge in [0, 0.05) is 6.42 Å². The maximum Gasteiger partial charge on any atom is 0.308 e. The predicted octanol–water partition coefficient (Wildman–Crippen LogP) is 5.48. The molecule has 3 aliphatic rings. The van der Waals surface area contributed by atoms with Crippen molar-refractivity contribution < 1.29 is 24.5 Å². The topological polar surface area (TPSA) is 72.8 Å². The molecule has 1 saturated carbocycles. The number of aliphatic carboxylic acids is 1. The third-order valence-electron chi connectivity index (χ3n) is 8.36. The van der Waals surface area contributed by atoms with Crippen molar-refractivity contribution in [2.24, 2.45) is 22.7 Å². The van der Waals surface area contributed by atoms with Gasteiger partial charge in [-0.25, -0.2) is 9.78 Å². The zero-order chi connectivity index (χ0) is 21.6. The van der Waals surface area contributed by atoms with E-state index in [0.29, 0.717) is 24.5 Å². The van der Waals surface area contributed by atoms with Crippen molar-refractivity contribution in [2.75, 3.05) is 0 Å². The fourth-order valence-corrected chi connectivity index (χ4v) is 6.16. The fourth-order valence-electron chi connectivity index (χ4n) is 6.16. The standard InChI is InChI=1S/C24H38O5/c1-15-17(24(6)11-7-10-22(3,4)20(24)14-18(15)25)8-12-23(5)13-9-19(28-29-23)16(2)21(26)27/h16,19-20H,7-14H2,1-6H3,(H,26,27). The smallest absolute Gasteiger partial charge is 0.308 e. The van der Waals surface area contributed by atoms with E-state index in [2.05, 4.69) is 20.8 Å². The highest BCUT2D eigenvalue weighted by Crippen LogP contribution is 2.59. The lowest BCUT2D eigenvalue weighted by Gasteiger charge is -2.55. The highest BCUT2D eigenvalue weighted by atomic mass is 17.2. The third-order valence-corrected chi connectivity index (χ3v) is 8.36. The van der Waals surface area contributed by atoms with Crippen LogP contribution in [0.5, 0.6) is 0 Å². The Hall–Kier alpha value is -1.20. The van der Waals surface area contributed by atoms with E-state index in [1.54, 1.807) is 6.92 Å². The van der Waals surface area contributed by atoms with Gasteiger partial charge in [0.2, 0.25) is 0 Å². The van der Waals surface area contributed by atoms with E-state index in [0.717, 1.165) is 31.3 Å². The maximum absolute atomic E-state index is 12.8. The average Bonchev–Trinajstić information content (AvgIpc) is 2.63. The van der Waals surface area contributed by atoms with Gasteiger partial charge in [0.05, 0.1) is 5.92 Å². The first-order valence-corrected chi connectivity index (χ1v) is 11.2. The molecule has 5 unspecified atom stereocenters. The summed E-state index contributed by atoms with van der Waals surface area (Å²) in [5, 5.41) is 9.20. The van der Waals surface area contributed by atoms with Gasteiger partial charge < -0.3 is 5.11 Å².